The second-order valence-corrected chi connectivity index (χ2v) is 16.7. The molecule has 5 rings (SSSR count). The van der Waals surface area contributed by atoms with Crippen molar-refractivity contribution in [2.45, 2.75) is 84.0 Å². The van der Waals surface area contributed by atoms with Crippen molar-refractivity contribution in [1.29, 1.82) is 0 Å². The van der Waals surface area contributed by atoms with Crippen LogP contribution in [-0.2, 0) is 31.0 Å². The van der Waals surface area contributed by atoms with Crippen molar-refractivity contribution in [1.82, 2.24) is 30.8 Å². The summed E-state index contributed by atoms with van der Waals surface area (Å²) in [5.41, 5.74) is 21.2. The van der Waals surface area contributed by atoms with Crippen LogP contribution in [-0.4, -0.2) is 113 Å². The number of likely N-dealkylation sites (N-methyl/N-ethyl adjacent to an activating group) is 1. The Bertz CT molecular complexity index is 2360. The molecule has 0 fully saturated rings. The maximum Gasteiger partial charge on any atom is 0.326 e. The molecule has 0 saturated carbocycles. The Kier molecular flexibility index (Phi) is 15.7. The molecular formula is C46H59N9O9. The molecule has 1 aromatic heterocycles. The summed E-state index contributed by atoms with van der Waals surface area (Å²) in [5, 5.41) is 29.7. The lowest BCUT2D eigenvalue weighted by atomic mass is 9.86. The van der Waals surface area contributed by atoms with Crippen LogP contribution in [0.25, 0.3) is 22.5 Å². The molecule has 4 bridgehead atoms. The number of rotatable bonds is 14. The predicted octanol–water partition coefficient (Wildman–Crippen LogP) is 2.38. The average Bonchev–Trinajstić information content (AvgIpc) is 3.24. The van der Waals surface area contributed by atoms with Gasteiger partial charge in [-0.3, -0.25) is 19.2 Å². The Hall–Kier alpha value is -6.63. The number of benzene rings is 3. The van der Waals surface area contributed by atoms with Crippen LogP contribution in [0.4, 0.5) is 0 Å². The summed E-state index contributed by atoms with van der Waals surface area (Å²) in [6.07, 6.45) is -0.263. The van der Waals surface area contributed by atoms with E-state index in [4.69, 9.17) is 26.7 Å². The maximum atomic E-state index is 14.6. The zero-order valence-electron chi connectivity index (χ0n) is 37.3. The van der Waals surface area contributed by atoms with E-state index in [0.29, 0.717) is 22.8 Å². The van der Waals surface area contributed by atoms with Crippen molar-refractivity contribution in [3.63, 3.8) is 0 Å². The standard InChI is InChI=1S/C46H59N9O9/c1-24-37(25(2)51-40(50-24)28-8-11-30(12-9-28)46(4,5)6)42(58)53-33(14-15-47)44(60)55(7)38-29-10-13-35(63-18-16-48)31(23-29)32-20-27(22-36(39(32)56)64-19-17-49)21-34(45(61)62)54-41(57)26(3)52-43(38)59/h8-13,20,22-23,26,33-34,38,56H,14-19,21,47-49H2,1-7H3,(H,52,59)(H,53,58)(H,54,57)(H,61,62)/t26-,33?,34-,38-/m0/s1. The third-order valence-corrected chi connectivity index (χ3v) is 10.9. The van der Waals surface area contributed by atoms with Crippen molar-refractivity contribution < 1.29 is 43.7 Å². The van der Waals surface area contributed by atoms with Gasteiger partial charge in [0.05, 0.1) is 17.0 Å². The second-order valence-electron chi connectivity index (χ2n) is 16.7. The summed E-state index contributed by atoms with van der Waals surface area (Å²) in [5.74, 6) is -4.04. The number of hydrogen-bond acceptors (Lipinski definition) is 13. The number of phenolic OH excluding ortho intramolecular Hbond substituents is 1. The van der Waals surface area contributed by atoms with Gasteiger partial charge in [-0.2, -0.15) is 0 Å². The smallest absolute Gasteiger partial charge is 0.326 e. The Labute approximate surface area is 372 Å². The zero-order chi connectivity index (χ0) is 47.0. The monoisotopic (exact) mass is 881 g/mol. The number of carboxylic acid groups (broad SMARTS) is 1. The summed E-state index contributed by atoms with van der Waals surface area (Å²) in [4.78, 5) is 79.5. The number of hydrogen-bond donors (Lipinski definition) is 8. The molecule has 3 aromatic carbocycles. The van der Waals surface area contributed by atoms with E-state index in [1.165, 1.54) is 32.2 Å². The third kappa shape index (κ3) is 11.1. The third-order valence-electron chi connectivity index (χ3n) is 10.9. The highest BCUT2D eigenvalue weighted by Crippen LogP contribution is 2.44. The Morgan fingerprint density at radius 1 is 0.875 bits per heavy atom. The normalized spacial score (nSPS) is 17.0. The summed E-state index contributed by atoms with van der Waals surface area (Å²) >= 11 is 0. The lowest BCUT2D eigenvalue weighted by molar-refractivity contribution is -0.143. The molecule has 1 unspecified atom stereocenters. The van der Waals surface area contributed by atoms with Crippen molar-refractivity contribution in [2.24, 2.45) is 17.2 Å². The van der Waals surface area contributed by atoms with Crippen LogP contribution in [0.3, 0.4) is 0 Å². The van der Waals surface area contributed by atoms with Crippen LogP contribution in [0.2, 0.25) is 0 Å². The van der Waals surface area contributed by atoms with E-state index in [1.807, 2.05) is 24.3 Å². The molecule has 18 nitrogen and oxygen atoms in total. The molecule has 4 aromatic rings. The molecule has 0 aliphatic carbocycles. The minimum absolute atomic E-state index is 0.00297. The van der Waals surface area contributed by atoms with Gasteiger partial charge in [0.15, 0.2) is 17.3 Å². The van der Waals surface area contributed by atoms with E-state index in [2.05, 4.69) is 46.7 Å². The fraction of sp³-hybridized carbons (Fsp3) is 0.413. The molecule has 0 spiro atoms. The van der Waals surface area contributed by atoms with Crippen molar-refractivity contribution >= 4 is 29.6 Å². The van der Waals surface area contributed by atoms with Crippen molar-refractivity contribution in [3.05, 3.63) is 88.2 Å². The van der Waals surface area contributed by atoms with E-state index in [0.717, 1.165) is 16.0 Å². The summed E-state index contributed by atoms with van der Waals surface area (Å²) in [7, 11) is 1.37. The fourth-order valence-electron chi connectivity index (χ4n) is 7.45. The molecule has 4 amide bonds. The zero-order valence-corrected chi connectivity index (χ0v) is 37.3. The molecule has 0 saturated heterocycles. The van der Waals surface area contributed by atoms with E-state index in [9.17, 15) is 34.2 Å². The number of ether oxygens (including phenoxy) is 2. The Morgan fingerprint density at radius 3 is 2.08 bits per heavy atom. The average molecular weight is 882 g/mol. The molecule has 11 N–H and O–H groups in total. The lowest BCUT2D eigenvalue weighted by Gasteiger charge is -2.32. The van der Waals surface area contributed by atoms with Crippen LogP contribution < -0.4 is 42.6 Å². The van der Waals surface area contributed by atoms with Crippen LogP contribution in [0.1, 0.15) is 78.6 Å². The van der Waals surface area contributed by atoms with E-state index >= 15 is 0 Å². The van der Waals surface area contributed by atoms with Gasteiger partial charge < -0.3 is 57.7 Å². The highest BCUT2D eigenvalue weighted by atomic mass is 16.5. The minimum Gasteiger partial charge on any atom is -0.504 e. The molecule has 18 heteroatoms. The Morgan fingerprint density at radius 2 is 1.50 bits per heavy atom. The molecule has 0 radical (unpaired) electrons. The maximum absolute atomic E-state index is 14.6. The minimum atomic E-state index is -1.48. The first-order chi connectivity index (χ1) is 30.3. The quantitative estimate of drug-likeness (QED) is 0.0903. The highest BCUT2D eigenvalue weighted by Gasteiger charge is 2.36. The van der Waals surface area contributed by atoms with E-state index in [1.54, 1.807) is 26.0 Å². The van der Waals surface area contributed by atoms with Gasteiger partial charge >= 0.3 is 5.97 Å². The van der Waals surface area contributed by atoms with Gasteiger partial charge in [-0.05, 0) is 80.1 Å². The first-order valence-electron chi connectivity index (χ1n) is 21.0. The number of nitrogens with one attached hydrogen (secondary N) is 3. The number of carboxylic acids is 1. The topological polar surface area (TPSA) is 287 Å². The number of carbonyl (C=O) groups excluding carboxylic acids is 4. The number of aliphatic carboxylic acids is 1. The number of aromatic hydroxyl groups is 1. The molecule has 64 heavy (non-hydrogen) atoms. The fourth-order valence-corrected chi connectivity index (χ4v) is 7.45. The predicted molar refractivity (Wildman–Crippen MR) is 240 cm³/mol. The van der Waals surface area contributed by atoms with Crippen molar-refractivity contribution in [3.8, 4) is 39.8 Å². The van der Waals surface area contributed by atoms with Gasteiger partial charge in [0, 0.05) is 43.2 Å². The number of fused-ring (bicyclic) bond motifs is 5. The molecular weight excluding hydrogens is 823 g/mol. The number of nitrogens with zero attached hydrogens (tertiary/aromatic N) is 3. The van der Waals surface area contributed by atoms with Crippen molar-refractivity contribution in [2.75, 3.05) is 39.9 Å². The number of amides is 4. The Balaban J connectivity index is 1.58. The van der Waals surface area contributed by atoms with E-state index < -0.39 is 53.8 Å². The van der Waals surface area contributed by atoms with Gasteiger partial charge in [-0.15, -0.1) is 0 Å². The van der Waals surface area contributed by atoms with Gasteiger partial charge in [0.25, 0.3) is 5.91 Å². The summed E-state index contributed by atoms with van der Waals surface area (Å²) in [6, 6.07) is 10.0. The van der Waals surface area contributed by atoms with Gasteiger partial charge in [-0.25, -0.2) is 14.8 Å². The van der Waals surface area contributed by atoms with Crippen LogP contribution >= 0.6 is 0 Å². The second kappa shape index (κ2) is 20.7. The molecule has 342 valence electrons. The summed E-state index contributed by atoms with van der Waals surface area (Å²) < 4.78 is 11.8. The first kappa shape index (κ1) is 48.4. The largest absolute Gasteiger partial charge is 0.504 e. The van der Waals surface area contributed by atoms with Crippen LogP contribution in [0, 0.1) is 13.8 Å². The van der Waals surface area contributed by atoms with Gasteiger partial charge in [0.1, 0.15) is 43.1 Å². The number of phenols is 1. The highest BCUT2D eigenvalue weighted by molar-refractivity contribution is 6.00. The summed E-state index contributed by atoms with van der Waals surface area (Å²) in [6.45, 7) is 11.4. The van der Waals surface area contributed by atoms with Gasteiger partial charge in [-0.1, -0.05) is 51.1 Å². The first-order valence-corrected chi connectivity index (χ1v) is 21.0. The number of aromatic nitrogens is 2. The van der Waals surface area contributed by atoms with E-state index in [-0.39, 0.29) is 90.6 Å². The lowest BCUT2D eigenvalue weighted by Crippen LogP contribution is -2.55. The molecule has 2 heterocycles. The van der Waals surface area contributed by atoms with Crippen LogP contribution in [0.15, 0.2) is 54.6 Å². The van der Waals surface area contributed by atoms with Crippen LogP contribution in [0.5, 0.6) is 17.2 Å². The molecule has 1 aliphatic heterocycles. The number of nitrogens with two attached hydrogens (primary N) is 3. The number of carbonyl (C=O) groups is 5. The SMILES string of the molecule is Cc1nc(-c2ccc(C(C)(C)C)cc2)nc(C)c1C(=O)NC(CCN)C(=O)N(C)[C@@H]1C(=O)N[C@@H](C)C(=O)N[C@H](C(=O)O)Cc2cc(OCCN)c(O)c(c2)-c2cc1ccc2OCCN. The number of aryl methyl sites for hydroxylation is 2. The molecule has 4 atom stereocenters. The molecule has 1 aliphatic rings. The van der Waals surface area contributed by atoms with Gasteiger partial charge in [0.2, 0.25) is 17.7 Å².